The van der Waals surface area contributed by atoms with Crippen LogP contribution in [-0.2, 0) is 10.0 Å². The van der Waals surface area contributed by atoms with Gasteiger partial charge in [0.1, 0.15) is 5.82 Å². The molecule has 27 heavy (non-hydrogen) atoms. The molecule has 2 heterocycles. The number of hydrogen-bond donors (Lipinski definition) is 2. The van der Waals surface area contributed by atoms with Gasteiger partial charge in [-0.05, 0) is 57.1 Å². The van der Waals surface area contributed by atoms with Crippen LogP contribution in [0.5, 0.6) is 0 Å². The second kappa shape index (κ2) is 6.75. The maximum atomic E-state index is 11.8. The normalized spacial score (nSPS) is 14.3. The van der Waals surface area contributed by atoms with E-state index in [0.29, 0.717) is 17.7 Å². The average molecular weight is 384 g/mol. The Bertz CT molecular complexity index is 1070. The van der Waals surface area contributed by atoms with Crippen molar-refractivity contribution in [2.24, 2.45) is 0 Å². The molecule has 8 nitrogen and oxygen atoms in total. The Labute approximate surface area is 157 Å². The summed E-state index contributed by atoms with van der Waals surface area (Å²) in [5, 5.41) is 3.11. The molecule has 0 aliphatic heterocycles. The van der Waals surface area contributed by atoms with Crippen LogP contribution in [0, 0.1) is 6.92 Å². The summed E-state index contributed by atoms with van der Waals surface area (Å²) in [7, 11) is -2.07. The van der Waals surface area contributed by atoms with Crippen LogP contribution in [0.25, 0.3) is 11.4 Å². The Balaban J connectivity index is 1.59. The Morgan fingerprint density at radius 3 is 2.52 bits per heavy atom. The second-order valence-electron chi connectivity index (χ2n) is 6.41. The van der Waals surface area contributed by atoms with Crippen molar-refractivity contribution in [2.45, 2.75) is 30.7 Å². The molecule has 3 aromatic rings. The number of imidazole rings is 1. The summed E-state index contributed by atoms with van der Waals surface area (Å²) in [6.45, 7) is 2.00. The number of benzene rings is 1. The van der Waals surface area contributed by atoms with Crippen molar-refractivity contribution in [1.82, 2.24) is 24.2 Å². The van der Waals surface area contributed by atoms with Crippen LogP contribution in [0.4, 0.5) is 11.6 Å². The van der Waals surface area contributed by atoms with Crippen molar-refractivity contribution in [2.75, 3.05) is 12.4 Å². The molecule has 2 N–H and O–H groups in total. The first-order valence-corrected chi connectivity index (χ1v) is 10.1. The first kappa shape index (κ1) is 17.6. The number of nitrogens with zero attached hydrogens (tertiary/aromatic N) is 4. The van der Waals surface area contributed by atoms with Crippen LogP contribution < -0.4 is 10.0 Å². The Morgan fingerprint density at radius 2 is 1.85 bits per heavy atom. The fourth-order valence-corrected chi connectivity index (χ4v) is 3.69. The van der Waals surface area contributed by atoms with E-state index in [0.717, 1.165) is 17.2 Å². The predicted molar refractivity (Wildman–Crippen MR) is 102 cm³/mol. The van der Waals surface area contributed by atoms with Gasteiger partial charge in [0.05, 0.1) is 22.5 Å². The molecule has 0 spiro atoms. The van der Waals surface area contributed by atoms with Gasteiger partial charge in [-0.25, -0.2) is 28.1 Å². The quantitative estimate of drug-likeness (QED) is 0.677. The van der Waals surface area contributed by atoms with Crippen molar-refractivity contribution >= 4 is 21.7 Å². The SMILES string of the molecule is CNS(=O)(=O)c1ccc(Nc2nccc(-c3cnc(C)n3C3CC3)n2)cc1. The third kappa shape index (κ3) is 3.56. The number of anilines is 2. The maximum absolute atomic E-state index is 11.8. The van der Waals surface area contributed by atoms with Crippen molar-refractivity contribution in [3.63, 3.8) is 0 Å². The van der Waals surface area contributed by atoms with Crippen molar-refractivity contribution in [1.29, 1.82) is 0 Å². The monoisotopic (exact) mass is 384 g/mol. The van der Waals surface area contributed by atoms with Gasteiger partial charge in [-0.1, -0.05) is 0 Å². The minimum atomic E-state index is -3.45. The van der Waals surface area contributed by atoms with E-state index in [9.17, 15) is 8.42 Å². The average Bonchev–Trinajstić information content (AvgIpc) is 3.44. The predicted octanol–water partition coefficient (Wildman–Crippen LogP) is 2.64. The van der Waals surface area contributed by atoms with Crippen LogP contribution in [-0.4, -0.2) is 35.0 Å². The minimum absolute atomic E-state index is 0.203. The number of sulfonamides is 1. The van der Waals surface area contributed by atoms with Crippen LogP contribution in [0.1, 0.15) is 24.7 Å². The van der Waals surface area contributed by atoms with E-state index in [1.54, 1.807) is 18.3 Å². The summed E-state index contributed by atoms with van der Waals surface area (Å²) < 4.78 is 28.1. The summed E-state index contributed by atoms with van der Waals surface area (Å²) in [5.41, 5.74) is 2.49. The summed E-state index contributed by atoms with van der Waals surface area (Å²) in [6, 6.07) is 8.80. The molecule has 1 aliphatic carbocycles. The lowest BCUT2D eigenvalue weighted by atomic mass is 10.3. The van der Waals surface area contributed by atoms with Gasteiger partial charge >= 0.3 is 0 Å². The van der Waals surface area contributed by atoms with Gasteiger partial charge in [0.25, 0.3) is 0 Å². The molecule has 1 aromatic carbocycles. The zero-order chi connectivity index (χ0) is 19.0. The van der Waals surface area contributed by atoms with Crippen molar-refractivity contribution in [3.05, 3.63) is 48.5 Å². The van der Waals surface area contributed by atoms with Gasteiger partial charge in [-0.2, -0.15) is 0 Å². The van der Waals surface area contributed by atoms with Crippen LogP contribution >= 0.6 is 0 Å². The number of aryl methyl sites for hydroxylation is 1. The molecule has 0 radical (unpaired) electrons. The topological polar surface area (TPSA) is 102 Å². The Kier molecular flexibility index (Phi) is 4.40. The molecule has 1 fully saturated rings. The zero-order valence-corrected chi connectivity index (χ0v) is 15.9. The number of nitrogens with one attached hydrogen (secondary N) is 2. The minimum Gasteiger partial charge on any atom is -0.324 e. The standard InChI is InChI=1S/C18H20N6O2S/c1-12-21-11-17(24(12)14-5-6-14)16-9-10-20-18(23-16)22-13-3-7-15(8-4-13)27(25,26)19-2/h3-4,7-11,14,19H,5-6H2,1-2H3,(H,20,22,23). The van der Waals surface area contributed by atoms with E-state index in [1.807, 2.05) is 19.2 Å². The zero-order valence-electron chi connectivity index (χ0n) is 15.0. The van der Waals surface area contributed by atoms with Gasteiger partial charge in [-0.15, -0.1) is 0 Å². The summed E-state index contributed by atoms with van der Waals surface area (Å²) in [5.74, 6) is 1.43. The molecular formula is C18H20N6O2S. The van der Waals surface area contributed by atoms with Crippen molar-refractivity contribution < 1.29 is 8.42 Å². The van der Waals surface area contributed by atoms with Crippen LogP contribution in [0.15, 0.2) is 47.6 Å². The van der Waals surface area contributed by atoms with Crippen LogP contribution in [0.2, 0.25) is 0 Å². The van der Waals surface area contributed by atoms with E-state index in [4.69, 9.17) is 0 Å². The molecule has 1 aliphatic rings. The third-order valence-electron chi connectivity index (χ3n) is 4.50. The van der Waals surface area contributed by atoms with Gasteiger partial charge < -0.3 is 9.88 Å². The van der Waals surface area contributed by atoms with E-state index in [-0.39, 0.29) is 4.90 Å². The Hall–Kier alpha value is -2.78. The smallest absolute Gasteiger partial charge is 0.240 e. The highest BCUT2D eigenvalue weighted by Crippen LogP contribution is 2.39. The fraction of sp³-hybridized carbons (Fsp3) is 0.278. The molecule has 0 saturated heterocycles. The molecule has 0 amide bonds. The van der Waals surface area contributed by atoms with Gasteiger partial charge in [0.2, 0.25) is 16.0 Å². The third-order valence-corrected chi connectivity index (χ3v) is 5.93. The molecule has 1 saturated carbocycles. The fourth-order valence-electron chi connectivity index (χ4n) is 2.96. The summed E-state index contributed by atoms with van der Waals surface area (Å²) in [4.78, 5) is 13.5. The molecule has 140 valence electrons. The summed E-state index contributed by atoms with van der Waals surface area (Å²) >= 11 is 0. The largest absolute Gasteiger partial charge is 0.324 e. The Morgan fingerprint density at radius 1 is 1.11 bits per heavy atom. The van der Waals surface area contributed by atoms with E-state index in [1.165, 1.54) is 32.0 Å². The summed E-state index contributed by atoms with van der Waals surface area (Å²) in [6.07, 6.45) is 5.88. The molecule has 0 unspecified atom stereocenters. The first-order valence-electron chi connectivity index (χ1n) is 8.66. The lowest BCUT2D eigenvalue weighted by Gasteiger charge is -2.10. The highest BCUT2D eigenvalue weighted by molar-refractivity contribution is 7.89. The van der Waals surface area contributed by atoms with Crippen molar-refractivity contribution in [3.8, 4) is 11.4 Å². The van der Waals surface area contributed by atoms with Crippen LogP contribution in [0.3, 0.4) is 0 Å². The highest BCUT2D eigenvalue weighted by atomic mass is 32.2. The lowest BCUT2D eigenvalue weighted by molar-refractivity contribution is 0.588. The number of rotatable bonds is 6. The molecule has 9 heteroatoms. The van der Waals surface area contributed by atoms with E-state index in [2.05, 4.69) is 29.6 Å². The second-order valence-corrected chi connectivity index (χ2v) is 8.30. The molecule has 0 atom stereocenters. The molecule has 4 rings (SSSR count). The van der Waals surface area contributed by atoms with Gasteiger partial charge in [-0.3, -0.25) is 0 Å². The highest BCUT2D eigenvalue weighted by Gasteiger charge is 2.28. The maximum Gasteiger partial charge on any atom is 0.240 e. The molecule has 2 aromatic heterocycles. The first-order chi connectivity index (χ1) is 13.0. The van der Waals surface area contributed by atoms with Gasteiger partial charge in [0.15, 0.2) is 0 Å². The van der Waals surface area contributed by atoms with E-state index < -0.39 is 10.0 Å². The number of aromatic nitrogens is 4. The molecular weight excluding hydrogens is 364 g/mol. The molecule has 0 bridgehead atoms. The van der Waals surface area contributed by atoms with E-state index >= 15 is 0 Å². The number of hydrogen-bond acceptors (Lipinski definition) is 6. The lowest BCUT2D eigenvalue weighted by Crippen LogP contribution is -2.18. The van der Waals surface area contributed by atoms with Gasteiger partial charge in [0, 0.05) is 17.9 Å².